The molecule has 1 saturated carbocycles. The molecule has 2 heterocycles. The third-order valence-electron chi connectivity index (χ3n) is 5.72. The summed E-state index contributed by atoms with van der Waals surface area (Å²) in [6, 6.07) is 1.68. The van der Waals surface area contributed by atoms with Crippen molar-refractivity contribution in [3.8, 4) is 0 Å². The number of likely N-dealkylation sites (N-methyl/N-ethyl adjacent to an activating group) is 1. The number of nitrogens with zero attached hydrogens (tertiary/aromatic N) is 3. The standard InChI is InChI=1S/C20H22F3N5O/c1-9-18-19(28(3)10(2)20(29)27-18)26-16(24-9)6-11-4-12(5-11)25-13-7-14(21)17(23)15(22)8-13/h7-8,10-12,25H,4-6H2,1-3H3,(H,27,29)/t10-,11?,12?/m0/s1. The van der Waals surface area contributed by atoms with Gasteiger partial charge in [-0.1, -0.05) is 0 Å². The van der Waals surface area contributed by atoms with Crippen molar-refractivity contribution in [2.75, 3.05) is 22.6 Å². The van der Waals surface area contributed by atoms with E-state index < -0.39 is 17.5 Å². The first kappa shape index (κ1) is 19.5. The molecule has 1 aliphatic carbocycles. The quantitative estimate of drug-likeness (QED) is 0.763. The third kappa shape index (κ3) is 3.61. The second-order valence-corrected chi connectivity index (χ2v) is 7.84. The monoisotopic (exact) mass is 405 g/mol. The second-order valence-electron chi connectivity index (χ2n) is 7.84. The van der Waals surface area contributed by atoms with Crippen LogP contribution in [0.25, 0.3) is 0 Å². The van der Waals surface area contributed by atoms with Gasteiger partial charge in [0.2, 0.25) is 5.91 Å². The molecule has 4 rings (SSSR count). The molecule has 2 aliphatic rings. The van der Waals surface area contributed by atoms with E-state index in [1.54, 1.807) is 0 Å². The molecule has 1 atom stereocenters. The Labute approximate surface area is 166 Å². The van der Waals surface area contributed by atoms with Gasteiger partial charge in [0.05, 0.1) is 5.69 Å². The maximum atomic E-state index is 13.3. The molecule has 2 N–H and O–H groups in total. The lowest BCUT2D eigenvalue weighted by atomic mass is 9.78. The van der Waals surface area contributed by atoms with Crippen molar-refractivity contribution in [3.05, 3.63) is 41.1 Å². The van der Waals surface area contributed by atoms with Crippen LogP contribution in [0.15, 0.2) is 12.1 Å². The van der Waals surface area contributed by atoms with Crippen LogP contribution in [0.3, 0.4) is 0 Å². The first-order valence-corrected chi connectivity index (χ1v) is 9.55. The van der Waals surface area contributed by atoms with Gasteiger partial charge in [-0.25, -0.2) is 23.1 Å². The summed E-state index contributed by atoms with van der Waals surface area (Å²) in [6.45, 7) is 3.66. The maximum absolute atomic E-state index is 13.3. The van der Waals surface area contributed by atoms with E-state index in [2.05, 4.69) is 20.6 Å². The highest BCUT2D eigenvalue weighted by Gasteiger charge is 2.33. The Balaban J connectivity index is 1.40. The Morgan fingerprint density at radius 3 is 2.52 bits per heavy atom. The number of anilines is 3. The average molecular weight is 405 g/mol. The molecule has 29 heavy (non-hydrogen) atoms. The number of hydrogen-bond donors (Lipinski definition) is 2. The van der Waals surface area contributed by atoms with Gasteiger partial charge in [-0.3, -0.25) is 4.79 Å². The average Bonchev–Trinajstić information content (AvgIpc) is 2.63. The Morgan fingerprint density at radius 1 is 1.21 bits per heavy atom. The Kier molecular flexibility index (Phi) is 4.84. The SMILES string of the molecule is Cc1nc(CC2CC(Nc3cc(F)c(F)c(F)c3)C2)nc2c1NC(=O)[C@H](C)N2C. The predicted octanol–water partition coefficient (Wildman–Crippen LogP) is 3.41. The van der Waals surface area contributed by atoms with E-state index in [0.717, 1.165) is 30.7 Å². The number of amides is 1. The number of aryl methyl sites for hydroxylation is 1. The van der Waals surface area contributed by atoms with Crippen LogP contribution < -0.4 is 15.5 Å². The van der Waals surface area contributed by atoms with E-state index in [1.807, 2.05) is 25.8 Å². The number of rotatable bonds is 4. The lowest BCUT2D eigenvalue weighted by molar-refractivity contribution is -0.117. The molecular weight excluding hydrogens is 383 g/mol. The second kappa shape index (κ2) is 7.20. The zero-order valence-electron chi connectivity index (χ0n) is 16.4. The van der Waals surface area contributed by atoms with Gasteiger partial charge in [0, 0.05) is 37.3 Å². The fraction of sp³-hybridized carbons (Fsp3) is 0.450. The number of carbonyl (C=O) groups is 1. The van der Waals surface area contributed by atoms with Crippen molar-refractivity contribution in [1.82, 2.24) is 9.97 Å². The summed E-state index contributed by atoms with van der Waals surface area (Å²) >= 11 is 0. The highest BCUT2D eigenvalue weighted by molar-refractivity contribution is 6.02. The number of benzene rings is 1. The number of halogens is 3. The van der Waals surface area contributed by atoms with Crippen molar-refractivity contribution in [2.45, 2.75) is 45.2 Å². The van der Waals surface area contributed by atoms with Crippen LogP contribution in [0.1, 0.15) is 31.3 Å². The van der Waals surface area contributed by atoms with Crippen LogP contribution in [0.5, 0.6) is 0 Å². The number of hydrogen-bond acceptors (Lipinski definition) is 5. The molecule has 0 spiro atoms. The van der Waals surface area contributed by atoms with Gasteiger partial charge in [0.15, 0.2) is 23.3 Å². The normalized spacial score (nSPS) is 23.3. The molecule has 1 aliphatic heterocycles. The van der Waals surface area contributed by atoms with Gasteiger partial charge in [-0.15, -0.1) is 0 Å². The zero-order chi connectivity index (χ0) is 20.9. The summed E-state index contributed by atoms with van der Waals surface area (Å²) in [5.74, 6) is -2.19. The summed E-state index contributed by atoms with van der Waals surface area (Å²) in [5, 5.41) is 5.90. The molecule has 6 nitrogen and oxygen atoms in total. The number of nitrogens with one attached hydrogen (secondary N) is 2. The van der Waals surface area contributed by atoms with Crippen LogP contribution >= 0.6 is 0 Å². The number of fused-ring (bicyclic) bond motifs is 1. The van der Waals surface area contributed by atoms with Crippen LogP contribution in [0, 0.1) is 30.3 Å². The fourth-order valence-corrected chi connectivity index (χ4v) is 3.85. The first-order chi connectivity index (χ1) is 13.7. The topological polar surface area (TPSA) is 70.1 Å². The van der Waals surface area contributed by atoms with Gasteiger partial charge in [-0.05, 0) is 32.6 Å². The van der Waals surface area contributed by atoms with E-state index in [9.17, 15) is 18.0 Å². The smallest absolute Gasteiger partial charge is 0.246 e. The number of carbonyl (C=O) groups excluding carboxylic acids is 1. The molecule has 1 aromatic heterocycles. The molecule has 0 radical (unpaired) electrons. The largest absolute Gasteiger partial charge is 0.382 e. The van der Waals surface area contributed by atoms with E-state index in [4.69, 9.17) is 0 Å². The lowest BCUT2D eigenvalue weighted by Gasteiger charge is -2.37. The van der Waals surface area contributed by atoms with E-state index >= 15 is 0 Å². The fourth-order valence-electron chi connectivity index (χ4n) is 3.85. The Bertz CT molecular complexity index is 954. The van der Waals surface area contributed by atoms with Gasteiger partial charge in [-0.2, -0.15) is 0 Å². The van der Waals surface area contributed by atoms with Crippen molar-refractivity contribution < 1.29 is 18.0 Å². The van der Waals surface area contributed by atoms with Crippen LogP contribution in [0.2, 0.25) is 0 Å². The van der Waals surface area contributed by atoms with E-state index in [0.29, 0.717) is 29.7 Å². The van der Waals surface area contributed by atoms with E-state index in [-0.39, 0.29) is 23.7 Å². The Hall–Kier alpha value is -2.84. The molecule has 0 unspecified atom stereocenters. The summed E-state index contributed by atoms with van der Waals surface area (Å²) in [4.78, 5) is 23.0. The van der Waals surface area contributed by atoms with Crippen molar-refractivity contribution in [3.63, 3.8) is 0 Å². The summed E-state index contributed by atoms with van der Waals surface area (Å²) in [7, 11) is 1.84. The molecule has 1 fully saturated rings. The highest BCUT2D eigenvalue weighted by atomic mass is 19.2. The summed E-state index contributed by atoms with van der Waals surface area (Å²) in [5.41, 5.74) is 1.60. The molecule has 154 valence electrons. The van der Waals surface area contributed by atoms with E-state index in [1.165, 1.54) is 0 Å². The molecular formula is C20H22F3N5O. The minimum absolute atomic E-state index is 0.0602. The van der Waals surface area contributed by atoms with Crippen LogP contribution in [-0.4, -0.2) is 35.0 Å². The molecule has 1 amide bonds. The molecule has 0 bridgehead atoms. The van der Waals surface area contributed by atoms with Crippen molar-refractivity contribution in [1.29, 1.82) is 0 Å². The van der Waals surface area contributed by atoms with Crippen LogP contribution in [-0.2, 0) is 11.2 Å². The highest BCUT2D eigenvalue weighted by Crippen LogP contribution is 2.35. The minimum Gasteiger partial charge on any atom is -0.382 e. The van der Waals surface area contributed by atoms with Gasteiger partial charge >= 0.3 is 0 Å². The number of aromatic nitrogens is 2. The zero-order valence-corrected chi connectivity index (χ0v) is 16.4. The van der Waals surface area contributed by atoms with Gasteiger partial charge < -0.3 is 15.5 Å². The first-order valence-electron chi connectivity index (χ1n) is 9.55. The molecule has 2 aromatic rings. The molecule has 9 heteroatoms. The molecule has 1 aromatic carbocycles. The minimum atomic E-state index is -1.46. The summed E-state index contributed by atoms with van der Waals surface area (Å²) in [6.07, 6.45) is 2.26. The van der Waals surface area contributed by atoms with Crippen LogP contribution in [0.4, 0.5) is 30.4 Å². The van der Waals surface area contributed by atoms with Crippen molar-refractivity contribution >= 4 is 23.1 Å². The molecule has 0 saturated heterocycles. The van der Waals surface area contributed by atoms with Gasteiger partial charge in [0.1, 0.15) is 17.6 Å². The predicted molar refractivity (Wildman–Crippen MR) is 103 cm³/mol. The summed E-state index contributed by atoms with van der Waals surface area (Å²) < 4.78 is 39.7. The van der Waals surface area contributed by atoms with Gasteiger partial charge in [0.25, 0.3) is 0 Å². The lowest BCUT2D eigenvalue weighted by Crippen LogP contribution is -2.45. The van der Waals surface area contributed by atoms with Crippen molar-refractivity contribution in [2.24, 2.45) is 5.92 Å². The maximum Gasteiger partial charge on any atom is 0.246 e. The third-order valence-corrected chi connectivity index (χ3v) is 5.72. The Morgan fingerprint density at radius 2 is 1.86 bits per heavy atom.